The van der Waals surface area contributed by atoms with Crippen LogP contribution in [0.4, 0.5) is 0 Å². The average Bonchev–Trinajstić information content (AvgIpc) is 2.77. The van der Waals surface area contributed by atoms with E-state index in [0.29, 0.717) is 17.3 Å². The van der Waals surface area contributed by atoms with E-state index in [-0.39, 0.29) is 5.56 Å². The molecule has 96 valence electrons. The molecule has 3 rings (SSSR count). The number of hydrogen-bond donors (Lipinski definition) is 2. The Balaban J connectivity index is 1.83. The van der Waals surface area contributed by atoms with E-state index in [4.69, 9.17) is 0 Å². The fraction of sp³-hybridized carbons (Fsp3) is 0.500. The Labute approximate surface area is 109 Å². The third kappa shape index (κ3) is 2.31. The van der Waals surface area contributed by atoms with E-state index in [9.17, 15) is 4.79 Å². The quantitative estimate of drug-likeness (QED) is 0.841. The highest BCUT2D eigenvalue weighted by Crippen LogP contribution is 2.14. The number of thiophene rings is 1. The molecule has 0 radical (unpaired) electrons. The topological polar surface area (TPSA) is 61.0 Å². The van der Waals surface area contributed by atoms with Gasteiger partial charge in [0.05, 0.1) is 12.1 Å². The summed E-state index contributed by atoms with van der Waals surface area (Å²) in [6.45, 7) is 5.87. The number of piperazine rings is 1. The maximum absolute atomic E-state index is 11.9. The Bertz CT molecular complexity index is 605. The van der Waals surface area contributed by atoms with Crippen LogP contribution in [0.15, 0.2) is 16.2 Å². The molecule has 18 heavy (non-hydrogen) atoms. The molecule has 2 N–H and O–H groups in total. The van der Waals surface area contributed by atoms with Crippen molar-refractivity contribution in [1.82, 2.24) is 20.2 Å². The smallest absolute Gasteiger partial charge is 0.268 e. The van der Waals surface area contributed by atoms with E-state index >= 15 is 0 Å². The summed E-state index contributed by atoms with van der Waals surface area (Å²) in [6.07, 6.45) is 0. The summed E-state index contributed by atoms with van der Waals surface area (Å²) in [5.41, 5.74) is 0.787. The zero-order valence-electron chi connectivity index (χ0n) is 10.3. The number of rotatable bonds is 2. The normalized spacial score (nSPS) is 21.5. The number of fused-ring (bicyclic) bond motifs is 1. The van der Waals surface area contributed by atoms with Gasteiger partial charge in [-0.3, -0.25) is 9.69 Å². The lowest BCUT2D eigenvalue weighted by Crippen LogP contribution is -2.48. The second-order valence-electron chi connectivity index (χ2n) is 4.74. The molecule has 1 atom stereocenters. The van der Waals surface area contributed by atoms with Gasteiger partial charge in [-0.2, -0.15) is 0 Å². The first-order valence-corrected chi connectivity index (χ1v) is 7.02. The Morgan fingerprint density at radius 1 is 1.61 bits per heavy atom. The SMILES string of the molecule is C[C@H]1CN(Cc2nc3ccsc3c(=O)[nH]2)CCN1. The van der Waals surface area contributed by atoms with Crippen LogP contribution >= 0.6 is 11.3 Å². The van der Waals surface area contributed by atoms with Gasteiger partial charge in [-0.15, -0.1) is 11.3 Å². The first-order chi connectivity index (χ1) is 8.72. The Morgan fingerprint density at radius 3 is 3.33 bits per heavy atom. The van der Waals surface area contributed by atoms with E-state index in [1.54, 1.807) is 0 Å². The maximum atomic E-state index is 11.9. The summed E-state index contributed by atoms with van der Waals surface area (Å²) in [5.74, 6) is 0.764. The van der Waals surface area contributed by atoms with Gasteiger partial charge in [0.2, 0.25) is 0 Å². The molecule has 0 bridgehead atoms. The van der Waals surface area contributed by atoms with Gasteiger partial charge >= 0.3 is 0 Å². The summed E-state index contributed by atoms with van der Waals surface area (Å²) in [6, 6.07) is 2.40. The summed E-state index contributed by atoms with van der Waals surface area (Å²) in [4.78, 5) is 21.6. The van der Waals surface area contributed by atoms with Crippen molar-refractivity contribution in [2.24, 2.45) is 0 Å². The Morgan fingerprint density at radius 2 is 2.50 bits per heavy atom. The molecule has 0 saturated carbocycles. The van der Waals surface area contributed by atoms with Gasteiger partial charge in [0.15, 0.2) is 0 Å². The number of nitrogens with zero attached hydrogens (tertiary/aromatic N) is 2. The monoisotopic (exact) mass is 264 g/mol. The summed E-state index contributed by atoms with van der Waals surface area (Å²) in [5, 5.41) is 5.31. The van der Waals surface area contributed by atoms with Crippen LogP contribution in [-0.4, -0.2) is 40.5 Å². The van der Waals surface area contributed by atoms with Crippen LogP contribution < -0.4 is 10.9 Å². The van der Waals surface area contributed by atoms with Gasteiger partial charge < -0.3 is 10.3 Å². The van der Waals surface area contributed by atoms with Gasteiger partial charge in [-0.05, 0) is 18.4 Å². The van der Waals surface area contributed by atoms with Crippen molar-refractivity contribution in [2.45, 2.75) is 19.5 Å². The van der Waals surface area contributed by atoms with Gasteiger partial charge in [-0.1, -0.05) is 0 Å². The predicted molar refractivity (Wildman–Crippen MR) is 73.0 cm³/mol. The standard InChI is InChI=1S/C12H16N4OS/c1-8-6-16(4-3-13-8)7-10-14-9-2-5-18-11(9)12(17)15-10/h2,5,8,13H,3-4,6-7H2,1H3,(H,14,15,17)/t8-/m0/s1. The van der Waals surface area contributed by atoms with E-state index in [2.05, 4.69) is 27.1 Å². The second kappa shape index (κ2) is 4.79. The highest BCUT2D eigenvalue weighted by Gasteiger charge is 2.16. The van der Waals surface area contributed by atoms with Gasteiger partial charge in [0.25, 0.3) is 5.56 Å². The molecule has 2 aromatic rings. The van der Waals surface area contributed by atoms with Crippen LogP contribution in [0.25, 0.3) is 10.2 Å². The Hall–Kier alpha value is -1.24. The second-order valence-corrected chi connectivity index (χ2v) is 5.65. The molecule has 0 unspecified atom stereocenters. The predicted octanol–water partition coefficient (Wildman–Crippen LogP) is 0.778. The van der Waals surface area contributed by atoms with Crippen molar-refractivity contribution in [2.75, 3.05) is 19.6 Å². The molecule has 2 aromatic heterocycles. The van der Waals surface area contributed by atoms with Crippen molar-refractivity contribution in [3.63, 3.8) is 0 Å². The molecule has 3 heterocycles. The van der Waals surface area contributed by atoms with Crippen molar-refractivity contribution >= 4 is 21.6 Å². The fourth-order valence-corrected chi connectivity index (χ4v) is 3.09. The van der Waals surface area contributed by atoms with E-state index < -0.39 is 0 Å². The molecular formula is C12H16N4OS. The molecule has 0 spiro atoms. The molecule has 1 fully saturated rings. The highest BCUT2D eigenvalue weighted by atomic mass is 32.1. The van der Waals surface area contributed by atoms with Crippen molar-refractivity contribution in [3.05, 3.63) is 27.6 Å². The fourth-order valence-electron chi connectivity index (χ4n) is 2.36. The third-order valence-electron chi connectivity index (χ3n) is 3.19. The molecule has 0 aromatic carbocycles. The average molecular weight is 264 g/mol. The number of H-pyrrole nitrogens is 1. The minimum Gasteiger partial charge on any atom is -0.312 e. The maximum Gasteiger partial charge on any atom is 0.268 e. The molecule has 0 aliphatic carbocycles. The first kappa shape index (κ1) is 11.8. The minimum absolute atomic E-state index is 0.0202. The zero-order valence-corrected chi connectivity index (χ0v) is 11.1. The summed E-state index contributed by atoms with van der Waals surface area (Å²) < 4.78 is 0.715. The molecule has 5 nitrogen and oxygen atoms in total. The van der Waals surface area contributed by atoms with Gasteiger partial charge in [0, 0.05) is 25.7 Å². The van der Waals surface area contributed by atoms with Crippen LogP contribution in [-0.2, 0) is 6.54 Å². The molecule has 0 amide bonds. The molecule has 1 aliphatic heterocycles. The van der Waals surface area contributed by atoms with Gasteiger partial charge in [-0.25, -0.2) is 4.98 Å². The van der Waals surface area contributed by atoms with E-state index in [1.807, 2.05) is 11.4 Å². The highest BCUT2D eigenvalue weighted by molar-refractivity contribution is 7.17. The number of nitrogens with one attached hydrogen (secondary N) is 2. The van der Waals surface area contributed by atoms with Gasteiger partial charge in [0.1, 0.15) is 10.5 Å². The molecule has 1 saturated heterocycles. The van der Waals surface area contributed by atoms with Crippen LogP contribution in [0.5, 0.6) is 0 Å². The lowest BCUT2D eigenvalue weighted by Gasteiger charge is -2.31. The summed E-state index contributed by atoms with van der Waals surface area (Å²) >= 11 is 1.44. The third-order valence-corrected chi connectivity index (χ3v) is 4.09. The van der Waals surface area contributed by atoms with E-state index in [1.165, 1.54) is 11.3 Å². The van der Waals surface area contributed by atoms with Crippen molar-refractivity contribution in [1.29, 1.82) is 0 Å². The summed E-state index contributed by atoms with van der Waals surface area (Å²) in [7, 11) is 0. The zero-order chi connectivity index (χ0) is 12.5. The number of aromatic nitrogens is 2. The van der Waals surface area contributed by atoms with Crippen LogP contribution in [0, 0.1) is 0 Å². The first-order valence-electron chi connectivity index (χ1n) is 6.14. The lowest BCUT2D eigenvalue weighted by molar-refractivity contribution is 0.195. The molecule has 6 heteroatoms. The number of aromatic amines is 1. The molecular weight excluding hydrogens is 248 g/mol. The van der Waals surface area contributed by atoms with Crippen LogP contribution in [0.3, 0.4) is 0 Å². The van der Waals surface area contributed by atoms with Crippen molar-refractivity contribution in [3.8, 4) is 0 Å². The lowest BCUT2D eigenvalue weighted by atomic mass is 10.2. The number of hydrogen-bond acceptors (Lipinski definition) is 5. The largest absolute Gasteiger partial charge is 0.312 e. The van der Waals surface area contributed by atoms with Crippen LogP contribution in [0.2, 0.25) is 0 Å². The molecule has 1 aliphatic rings. The van der Waals surface area contributed by atoms with Crippen LogP contribution in [0.1, 0.15) is 12.7 Å². The Kier molecular flexibility index (Phi) is 3.15. The van der Waals surface area contributed by atoms with Crippen molar-refractivity contribution < 1.29 is 0 Å². The van der Waals surface area contributed by atoms with E-state index in [0.717, 1.165) is 31.0 Å². The minimum atomic E-state index is -0.0202.